The Bertz CT molecular complexity index is 814. The van der Waals surface area contributed by atoms with E-state index in [1.54, 1.807) is 13.2 Å². The van der Waals surface area contributed by atoms with Crippen LogP contribution >= 0.6 is 15.9 Å². The first-order valence-electron chi connectivity index (χ1n) is 7.31. The molecule has 0 saturated carbocycles. The van der Waals surface area contributed by atoms with Crippen LogP contribution in [0.25, 0.3) is 11.3 Å². The minimum atomic E-state index is -0.191. The summed E-state index contributed by atoms with van der Waals surface area (Å²) >= 11 is 3.45. The molecular formula is C18H16BrNO4. The van der Waals surface area contributed by atoms with Gasteiger partial charge in [0, 0.05) is 16.1 Å². The Morgan fingerprint density at radius 2 is 1.92 bits per heavy atom. The van der Waals surface area contributed by atoms with Crippen molar-refractivity contribution in [2.75, 3.05) is 7.11 Å². The van der Waals surface area contributed by atoms with Crippen molar-refractivity contribution in [3.63, 3.8) is 0 Å². The fraction of sp³-hybridized carbons (Fsp3) is 0.167. The van der Waals surface area contributed by atoms with Crippen LogP contribution in [0.4, 0.5) is 0 Å². The molecule has 1 heterocycles. The monoisotopic (exact) mass is 389 g/mol. The van der Waals surface area contributed by atoms with Gasteiger partial charge < -0.3 is 19.1 Å². The van der Waals surface area contributed by atoms with E-state index in [1.165, 1.54) is 0 Å². The molecular weight excluding hydrogens is 374 g/mol. The van der Waals surface area contributed by atoms with Crippen LogP contribution in [0.15, 0.2) is 57.5 Å². The van der Waals surface area contributed by atoms with Crippen molar-refractivity contribution in [1.29, 1.82) is 0 Å². The fourth-order valence-electron chi connectivity index (χ4n) is 2.23. The van der Waals surface area contributed by atoms with Crippen LogP contribution in [-0.2, 0) is 13.2 Å². The SMILES string of the molecule is COc1ccc(COc2ccc(Br)cc2-c2cc(CO)on2)cc1. The smallest absolute Gasteiger partial charge is 0.162 e. The maximum atomic E-state index is 9.13. The molecule has 0 spiro atoms. The molecule has 0 saturated heterocycles. The summed E-state index contributed by atoms with van der Waals surface area (Å²) in [6.07, 6.45) is 0. The van der Waals surface area contributed by atoms with E-state index < -0.39 is 0 Å². The van der Waals surface area contributed by atoms with E-state index in [1.807, 2.05) is 42.5 Å². The lowest BCUT2D eigenvalue weighted by molar-refractivity contribution is 0.229. The van der Waals surface area contributed by atoms with Gasteiger partial charge >= 0.3 is 0 Å². The molecule has 3 aromatic rings. The van der Waals surface area contributed by atoms with Crippen LogP contribution in [0.5, 0.6) is 11.5 Å². The summed E-state index contributed by atoms with van der Waals surface area (Å²) in [5, 5.41) is 13.1. The molecule has 0 unspecified atom stereocenters. The van der Waals surface area contributed by atoms with E-state index in [4.69, 9.17) is 19.1 Å². The molecule has 124 valence electrons. The molecule has 0 amide bonds. The average Bonchev–Trinajstić information content (AvgIpc) is 3.10. The van der Waals surface area contributed by atoms with Gasteiger partial charge in [0.2, 0.25) is 0 Å². The van der Waals surface area contributed by atoms with Gasteiger partial charge in [0.05, 0.1) is 7.11 Å². The molecule has 3 rings (SSSR count). The van der Waals surface area contributed by atoms with E-state index in [-0.39, 0.29) is 6.61 Å². The highest BCUT2D eigenvalue weighted by Crippen LogP contribution is 2.33. The molecule has 5 nitrogen and oxygen atoms in total. The molecule has 0 radical (unpaired) electrons. The molecule has 0 bridgehead atoms. The van der Waals surface area contributed by atoms with Gasteiger partial charge in [-0.1, -0.05) is 33.2 Å². The Labute approximate surface area is 147 Å². The van der Waals surface area contributed by atoms with E-state index in [0.29, 0.717) is 23.8 Å². The molecule has 1 aromatic heterocycles. The van der Waals surface area contributed by atoms with Gasteiger partial charge in [-0.3, -0.25) is 0 Å². The predicted molar refractivity (Wildman–Crippen MR) is 92.9 cm³/mol. The first-order chi connectivity index (χ1) is 11.7. The zero-order valence-corrected chi connectivity index (χ0v) is 14.6. The second kappa shape index (κ2) is 7.51. The van der Waals surface area contributed by atoms with Crippen molar-refractivity contribution in [3.8, 4) is 22.8 Å². The number of ether oxygens (including phenoxy) is 2. The molecule has 1 N–H and O–H groups in total. The van der Waals surface area contributed by atoms with Crippen molar-refractivity contribution in [2.24, 2.45) is 0 Å². The summed E-state index contributed by atoms with van der Waals surface area (Å²) in [4.78, 5) is 0. The highest BCUT2D eigenvalue weighted by Gasteiger charge is 2.12. The minimum Gasteiger partial charge on any atom is -0.497 e. The molecule has 6 heteroatoms. The van der Waals surface area contributed by atoms with Crippen molar-refractivity contribution in [2.45, 2.75) is 13.2 Å². The number of halogens is 1. The van der Waals surface area contributed by atoms with Crippen LogP contribution in [-0.4, -0.2) is 17.4 Å². The Morgan fingerprint density at radius 1 is 1.12 bits per heavy atom. The second-order valence-electron chi connectivity index (χ2n) is 5.11. The third-order valence-corrected chi connectivity index (χ3v) is 3.98. The number of aromatic nitrogens is 1. The number of hydrogen-bond acceptors (Lipinski definition) is 5. The van der Waals surface area contributed by atoms with E-state index >= 15 is 0 Å². The van der Waals surface area contributed by atoms with Gasteiger partial charge in [-0.15, -0.1) is 0 Å². The average molecular weight is 390 g/mol. The van der Waals surface area contributed by atoms with Gasteiger partial charge in [0.1, 0.15) is 30.4 Å². The van der Waals surface area contributed by atoms with Crippen LogP contribution < -0.4 is 9.47 Å². The molecule has 0 aliphatic heterocycles. The van der Waals surface area contributed by atoms with Gasteiger partial charge in [-0.2, -0.15) is 0 Å². The lowest BCUT2D eigenvalue weighted by Crippen LogP contribution is -1.97. The first kappa shape index (κ1) is 16.5. The highest BCUT2D eigenvalue weighted by molar-refractivity contribution is 9.10. The summed E-state index contributed by atoms with van der Waals surface area (Å²) in [7, 11) is 1.64. The van der Waals surface area contributed by atoms with Crippen LogP contribution in [0.3, 0.4) is 0 Å². The number of nitrogens with zero attached hydrogens (tertiary/aromatic N) is 1. The highest BCUT2D eigenvalue weighted by atomic mass is 79.9. The number of aliphatic hydroxyl groups excluding tert-OH is 1. The maximum Gasteiger partial charge on any atom is 0.162 e. The van der Waals surface area contributed by atoms with E-state index in [2.05, 4.69) is 21.1 Å². The third kappa shape index (κ3) is 3.77. The van der Waals surface area contributed by atoms with E-state index in [0.717, 1.165) is 21.3 Å². The van der Waals surface area contributed by atoms with Crippen LogP contribution in [0.2, 0.25) is 0 Å². The Morgan fingerprint density at radius 3 is 2.58 bits per heavy atom. The molecule has 0 atom stereocenters. The molecule has 0 aliphatic carbocycles. The molecule has 0 aliphatic rings. The van der Waals surface area contributed by atoms with Crippen LogP contribution in [0, 0.1) is 0 Å². The second-order valence-corrected chi connectivity index (χ2v) is 6.03. The van der Waals surface area contributed by atoms with Gasteiger partial charge in [0.25, 0.3) is 0 Å². The first-order valence-corrected chi connectivity index (χ1v) is 8.11. The van der Waals surface area contributed by atoms with E-state index in [9.17, 15) is 0 Å². The number of rotatable bonds is 6. The lowest BCUT2D eigenvalue weighted by Gasteiger charge is -2.11. The Hall–Kier alpha value is -2.31. The summed E-state index contributed by atoms with van der Waals surface area (Å²) in [6.45, 7) is 0.229. The quantitative estimate of drug-likeness (QED) is 0.684. The van der Waals surface area contributed by atoms with Crippen molar-refractivity contribution in [3.05, 3.63) is 64.3 Å². The topological polar surface area (TPSA) is 64.7 Å². The molecule has 24 heavy (non-hydrogen) atoms. The zero-order valence-electron chi connectivity index (χ0n) is 13.0. The normalized spacial score (nSPS) is 10.6. The fourth-order valence-corrected chi connectivity index (χ4v) is 2.59. The standard InChI is InChI=1S/C18H16BrNO4/c1-22-14-5-2-12(3-6-14)11-23-18-7-4-13(19)8-16(18)17-9-15(10-21)24-20-17/h2-9,21H,10-11H2,1H3. The van der Waals surface area contributed by atoms with Gasteiger partial charge in [-0.05, 0) is 35.9 Å². The van der Waals surface area contributed by atoms with Gasteiger partial charge in [-0.25, -0.2) is 0 Å². The third-order valence-electron chi connectivity index (χ3n) is 3.49. The number of aliphatic hydroxyl groups is 1. The van der Waals surface area contributed by atoms with Gasteiger partial charge in [0.15, 0.2) is 5.76 Å². The summed E-state index contributed by atoms with van der Waals surface area (Å²) in [5.74, 6) is 1.90. The number of hydrogen-bond donors (Lipinski definition) is 1. The molecule has 2 aromatic carbocycles. The summed E-state index contributed by atoms with van der Waals surface area (Å²) in [6, 6.07) is 15.1. The largest absolute Gasteiger partial charge is 0.497 e. The number of methoxy groups -OCH3 is 1. The van der Waals surface area contributed by atoms with Crippen molar-refractivity contribution >= 4 is 15.9 Å². The number of benzene rings is 2. The summed E-state index contributed by atoms with van der Waals surface area (Å²) < 4.78 is 17.1. The Balaban J connectivity index is 1.82. The van der Waals surface area contributed by atoms with Crippen LogP contribution in [0.1, 0.15) is 11.3 Å². The lowest BCUT2D eigenvalue weighted by atomic mass is 10.1. The van der Waals surface area contributed by atoms with Crippen molar-refractivity contribution < 1.29 is 19.1 Å². The summed E-state index contributed by atoms with van der Waals surface area (Å²) in [5.41, 5.74) is 2.44. The minimum absolute atomic E-state index is 0.191. The molecule has 0 fully saturated rings. The zero-order chi connectivity index (χ0) is 16.9. The Kier molecular flexibility index (Phi) is 5.17. The van der Waals surface area contributed by atoms with Crippen molar-refractivity contribution in [1.82, 2.24) is 5.16 Å². The maximum absolute atomic E-state index is 9.13. The predicted octanol–water partition coefficient (Wildman–Crippen LogP) is 4.18.